The lowest BCUT2D eigenvalue weighted by atomic mass is 10.2. The second-order valence-corrected chi connectivity index (χ2v) is 6.43. The standard InChI is InChI=1S/C13H24ClN3S/c1-4-17(9-5-8-16(2)3)11(10-15)12-6-7-13(14)18-12/h6-7,11H,4-5,8-10,15H2,1-3H3. The van der Waals surface area contributed by atoms with Gasteiger partial charge in [-0.3, -0.25) is 4.90 Å². The molecule has 5 heteroatoms. The quantitative estimate of drug-likeness (QED) is 0.799. The van der Waals surface area contributed by atoms with E-state index in [9.17, 15) is 0 Å². The van der Waals surface area contributed by atoms with Gasteiger partial charge in [0.2, 0.25) is 0 Å². The summed E-state index contributed by atoms with van der Waals surface area (Å²) in [6, 6.07) is 4.35. The average molecular weight is 290 g/mol. The van der Waals surface area contributed by atoms with Crippen LogP contribution in [0.25, 0.3) is 0 Å². The van der Waals surface area contributed by atoms with E-state index in [4.69, 9.17) is 17.3 Å². The highest BCUT2D eigenvalue weighted by molar-refractivity contribution is 7.16. The molecule has 0 saturated carbocycles. The Bertz CT molecular complexity index is 341. The van der Waals surface area contributed by atoms with Crippen LogP contribution in [0.5, 0.6) is 0 Å². The SMILES string of the molecule is CCN(CCCN(C)C)C(CN)c1ccc(Cl)s1. The molecular formula is C13H24ClN3S. The summed E-state index contributed by atoms with van der Waals surface area (Å²) in [5.41, 5.74) is 5.93. The Morgan fingerprint density at radius 1 is 1.33 bits per heavy atom. The van der Waals surface area contributed by atoms with Crippen molar-refractivity contribution >= 4 is 22.9 Å². The van der Waals surface area contributed by atoms with Crippen molar-refractivity contribution in [3.63, 3.8) is 0 Å². The van der Waals surface area contributed by atoms with E-state index in [1.807, 2.05) is 6.07 Å². The molecule has 1 rings (SSSR count). The van der Waals surface area contributed by atoms with Crippen molar-refractivity contribution in [2.45, 2.75) is 19.4 Å². The zero-order chi connectivity index (χ0) is 13.5. The third-order valence-corrected chi connectivity index (χ3v) is 4.38. The molecular weight excluding hydrogens is 266 g/mol. The molecule has 0 aliphatic heterocycles. The number of nitrogens with two attached hydrogens (primary N) is 1. The van der Waals surface area contributed by atoms with E-state index in [2.05, 4.69) is 36.9 Å². The van der Waals surface area contributed by atoms with Gasteiger partial charge in [0, 0.05) is 18.0 Å². The normalized spacial score (nSPS) is 13.5. The molecule has 0 aliphatic carbocycles. The minimum atomic E-state index is 0.301. The first-order chi connectivity index (χ1) is 8.58. The summed E-state index contributed by atoms with van der Waals surface area (Å²) in [6.45, 7) is 6.04. The van der Waals surface area contributed by atoms with Gasteiger partial charge < -0.3 is 10.6 Å². The van der Waals surface area contributed by atoms with Crippen molar-refractivity contribution in [1.29, 1.82) is 0 Å². The third kappa shape index (κ3) is 4.86. The molecule has 2 N–H and O–H groups in total. The molecule has 0 amide bonds. The predicted molar refractivity (Wildman–Crippen MR) is 81.5 cm³/mol. The van der Waals surface area contributed by atoms with E-state index < -0.39 is 0 Å². The molecule has 18 heavy (non-hydrogen) atoms. The number of hydrogen-bond donors (Lipinski definition) is 1. The topological polar surface area (TPSA) is 32.5 Å². The van der Waals surface area contributed by atoms with Crippen molar-refractivity contribution in [2.75, 3.05) is 40.3 Å². The Morgan fingerprint density at radius 2 is 2.06 bits per heavy atom. The van der Waals surface area contributed by atoms with Crippen LogP contribution in [0.3, 0.4) is 0 Å². The molecule has 104 valence electrons. The predicted octanol–water partition coefficient (Wildman–Crippen LogP) is 2.67. The Balaban J connectivity index is 2.60. The van der Waals surface area contributed by atoms with Gasteiger partial charge in [-0.15, -0.1) is 11.3 Å². The van der Waals surface area contributed by atoms with Crippen LogP contribution >= 0.6 is 22.9 Å². The number of halogens is 1. The van der Waals surface area contributed by atoms with E-state index in [-0.39, 0.29) is 0 Å². The van der Waals surface area contributed by atoms with Crippen molar-refractivity contribution < 1.29 is 0 Å². The second-order valence-electron chi connectivity index (χ2n) is 4.68. The van der Waals surface area contributed by atoms with Gasteiger partial charge in [-0.05, 0) is 45.7 Å². The second kappa shape index (κ2) is 8.12. The Kier molecular flexibility index (Phi) is 7.19. The van der Waals surface area contributed by atoms with Crippen molar-refractivity contribution in [3.8, 4) is 0 Å². The van der Waals surface area contributed by atoms with Gasteiger partial charge in [0.25, 0.3) is 0 Å². The third-order valence-electron chi connectivity index (χ3n) is 3.04. The lowest BCUT2D eigenvalue weighted by Gasteiger charge is -2.29. The number of likely N-dealkylation sites (N-methyl/N-ethyl adjacent to an activating group) is 1. The molecule has 0 aromatic carbocycles. The molecule has 3 nitrogen and oxygen atoms in total. The monoisotopic (exact) mass is 289 g/mol. The Hall–Kier alpha value is -0.130. The highest BCUT2D eigenvalue weighted by Crippen LogP contribution is 2.29. The fraction of sp³-hybridized carbons (Fsp3) is 0.692. The van der Waals surface area contributed by atoms with E-state index >= 15 is 0 Å². The molecule has 0 aliphatic rings. The van der Waals surface area contributed by atoms with E-state index in [1.54, 1.807) is 11.3 Å². The zero-order valence-corrected chi connectivity index (χ0v) is 13.1. The Labute approximate surface area is 120 Å². The fourth-order valence-corrected chi connectivity index (χ4v) is 3.29. The van der Waals surface area contributed by atoms with Gasteiger partial charge in [-0.1, -0.05) is 18.5 Å². The maximum Gasteiger partial charge on any atom is 0.0931 e. The number of nitrogens with zero attached hydrogens (tertiary/aromatic N) is 2. The van der Waals surface area contributed by atoms with Crippen LogP contribution in [0.2, 0.25) is 4.34 Å². The molecule has 1 aromatic heterocycles. The van der Waals surface area contributed by atoms with Crippen molar-refractivity contribution in [3.05, 3.63) is 21.3 Å². The minimum Gasteiger partial charge on any atom is -0.329 e. The first kappa shape index (κ1) is 15.9. The van der Waals surface area contributed by atoms with Crippen molar-refractivity contribution in [1.82, 2.24) is 9.80 Å². The van der Waals surface area contributed by atoms with Gasteiger partial charge >= 0.3 is 0 Å². The number of rotatable bonds is 8. The van der Waals surface area contributed by atoms with E-state index in [0.29, 0.717) is 12.6 Å². The molecule has 0 fully saturated rings. The fourth-order valence-electron chi connectivity index (χ4n) is 2.08. The molecule has 1 atom stereocenters. The summed E-state index contributed by atoms with van der Waals surface area (Å²) in [4.78, 5) is 5.92. The van der Waals surface area contributed by atoms with Crippen LogP contribution in [0.1, 0.15) is 24.3 Å². The van der Waals surface area contributed by atoms with Gasteiger partial charge in [-0.2, -0.15) is 0 Å². The summed E-state index contributed by atoms with van der Waals surface area (Å²) < 4.78 is 0.841. The summed E-state index contributed by atoms with van der Waals surface area (Å²) in [5, 5.41) is 0. The van der Waals surface area contributed by atoms with E-state index in [0.717, 1.165) is 30.4 Å². The van der Waals surface area contributed by atoms with Crippen LogP contribution in [0.15, 0.2) is 12.1 Å². The first-order valence-corrected chi connectivity index (χ1v) is 7.62. The maximum atomic E-state index is 6.01. The zero-order valence-electron chi connectivity index (χ0n) is 11.5. The molecule has 1 heterocycles. The van der Waals surface area contributed by atoms with Gasteiger partial charge in [0.15, 0.2) is 0 Å². The first-order valence-electron chi connectivity index (χ1n) is 6.42. The van der Waals surface area contributed by atoms with Crippen LogP contribution in [0.4, 0.5) is 0 Å². The van der Waals surface area contributed by atoms with Crippen molar-refractivity contribution in [2.24, 2.45) is 5.73 Å². The molecule has 0 radical (unpaired) electrons. The molecule has 1 aromatic rings. The number of thiophene rings is 1. The van der Waals surface area contributed by atoms with E-state index in [1.165, 1.54) is 4.88 Å². The van der Waals surface area contributed by atoms with Gasteiger partial charge in [-0.25, -0.2) is 0 Å². The summed E-state index contributed by atoms with van der Waals surface area (Å²) in [6.07, 6.45) is 1.16. The lowest BCUT2D eigenvalue weighted by molar-refractivity contribution is 0.204. The van der Waals surface area contributed by atoms with Crippen LogP contribution in [0, 0.1) is 0 Å². The summed E-state index contributed by atoms with van der Waals surface area (Å²) in [7, 11) is 4.21. The summed E-state index contributed by atoms with van der Waals surface area (Å²) in [5.74, 6) is 0. The summed E-state index contributed by atoms with van der Waals surface area (Å²) >= 11 is 7.64. The number of hydrogen-bond acceptors (Lipinski definition) is 4. The largest absolute Gasteiger partial charge is 0.329 e. The van der Waals surface area contributed by atoms with Crippen LogP contribution in [-0.2, 0) is 0 Å². The highest BCUT2D eigenvalue weighted by Gasteiger charge is 2.19. The average Bonchev–Trinajstić information content (AvgIpc) is 2.74. The molecule has 0 bridgehead atoms. The van der Waals surface area contributed by atoms with Gasteiger partial charge in [0.05, 0.1) is 10.4 Å². The minimum absolute atomic E-state index is 0.301. The smallest absolute Gasteiger partial charge is 0.0931 e. The molecule has 0 spiro atoms. The highest BCUT2D eigenvalue weighted by atomic mass is 35.5. The van der Waals surface area contributed by atoms with Crippen LogP contribution < -0.4 is 5.73 Å². The molecule has 1 unspecified atom stereocenters. The Morgan fingerprint density at radius 3 is 2.50 bits per heavy atom. The van der Waals surface area contributed by atoms with Gasteiger partial charge in [0.1, 0.15) is 0 Å². The van der Waals surface area contributed by atoms with Crippen LogP contribution in [-0.4, -0.2) is 50.1 Å². The molecule has 0 saturated heterocycles. The lowest BCUT2D eigenvalue weighted by Crippen LogP contribution is -2.35. The maximum absolute atomic E-state index is 6.01.